The van der Waals surface area contributed by atoms with Gasteiger partial charge in [0.15, 0.2) is 0 Å². The molecule has 0 nitrogen and oxygen atoms in total. The van der Waals surface area contributed by atoms with Gasteiger partial charge in [0.2, 0.25) is 0 Å². The fraction of sp³-hybridized carbons (Fsp3) is 0.250. The normalized spacial score (nSPS) is 10.5. The zero-order valence-corrected chi connectivity index (χ0v) is 12.3. The predicted molar refractivity (Wildman–Crippen MR) is 83.8 cm³/mol. The van der Waals surface area contributed by atoms with Crippen molar-refractivity contribution >= 4 is 22.6 Å². The molecule has 1 heteroatoms. The molecule has 0 atom stereocenters. The van der Waals surface area contributed by atoms with Crippen molar-refractivity contribution in [1.82, 2.24) is 0 Å². The maximum atomic E-state index is 2.43. The number of alkyl halides is 1. The lowest BCUT2D eigenvalue weighted by atomic mass is 10.0. The molecule has 0 aromatic heterocycles. The molecule has 88 valence electrons. The summed E-state index contributed by atoms with van der Waals surface area (Å²) in [5, 5.41) is 0. The zero-order valence-electron chi connectivity index (χ0n) is 10.1. The molecule has 0 heterocycles. The van der Waals surface area contributed by atoms with E-state index in [0.29, 0.717) is 0 Å². The quantitative estimate of drug-likeness (QED) is 0.543. The van der Waals surface area contributed by atoms with Crippen LogP contribution in [-0.2, 0) is 6.42 Å². The average molecular weight is 336 g/mol. The van der Waals surface area contributed by atoms with Gasteiger partial charge in [0.25, 0.3) is 0 Å². The van der Waals surface area contributed by atoms with Crippen molar-refractivity contribution in [2.24, 2.45) is 0 Å². The van der Waals surface area contributed by atoms with Crippen LogP contribution in [0, 0.1) is 6.92 Å². The molecular weight excluding hydrogens is 319 g/mol. The summed E-state index contributed by atoms with van der Waals surface area (Å²) in [4.78, 5) is 0. The van der Waals surface area contributed by atoms with Gasteiger partial charge in [-0.3, -0.25) is 0 Å². The molecule has 0 radical (unpaired) electrons. The third kappa shape index (κ3) is 3.56. The Morgan fingerprint density at radius 1 is 0.824 bits per heavy atom. The number of halogens is 1. The van der Waals surface area contributed by atoms with Crippen LogP contribution in [0.2, 0.25) is 0 Å². The van der Waals surface area contributed by atoms with Crippen LogP contribution in [0.1, 0.15) is 17.5 Å². The van der Waals surface area contributed by atoms with Crippen molar-refractivity contribution < 1.29 is 0 Å². The van der Waals surface area contributed by atoms with E-state index in [-0.39, 0.29) is 0 Å². The molecule has 2 aromatic carbocycles. The highest BCUT2D eigenvalue weighted by atomic mass is 127. The monoisotopic (exact) mass is 336 g/mol. The number of hydrogen-bond donors (Lipinski definition) is 0. The largest absolute Gasteiger partial charge is 0.0864 e. The molecule has 0 amide bonds. The number of rotatable bonds is 4. The van der Waals surface area contributed by atoms with Gasteiger partial charge < -0.3 is 0 Å². The number of benzene rings is 2. The van der Waals surface area contributed by atoms with Crippen LogP contribution in [0.4, 0.5) is 0 Å². The smallest absolute Gasteiger partial charge is 0.000156 e. The lowest BCUT2D eigenvalue weighted by molar-refractivity contribution is 0.946. The minimum atomic E-state index is 1.19. The number of aryl methyl sites for hydroxylation is 2. The van der Waals surface area contributed by atoms with E-state index in [2.05, 4.69) is 78.0 Å². The van der Waals surface area contributed by atoms with Gasteiger partial charge in [-0.1, -0.05) is 76.7 Å². The van der Waals surface area contributed by atoms with Gasteiger partial charge >= 0.3 is 0 Å². The average Bonchev–Trinajstić information content (AvgIpc) is 2.38. The van der Waals surface area contributed by atoms with E-state index in [4.69, 9.17) is 0 Å². The molecule has 0 bridgehead atoms. The molecule has 0 saturated heterocycles. The fourth-order valence-corrected chi connectivity index (χ4v) is 2.26. The van der Waals surface area contributed by atoms with Crippen LogP contribution >= 0.6 is 22.6 Å². The lowest BCUT2D eigenvalue weighted by Crippen LogP contribution is -1.86. The molecule has 0 spiro atoms. The van der Waals surface area contributed by atoms with Crippen LogP contribution < -0.4 is 0 Å². The van der Waals surface area contributed by atoms with Gasteiger partial charge in [0.05, 0.1) is 0 Å². The maximum Gasteiger partial charge on any atom is -0.000156 e. The first-order valence-corrected chi connectivity index (χ1v) is 7.54. The third-order valence-electron chi connectivity index (χ3n) is 2.94. The third-order valence-corrected chi connectivity index (χ3v) is 3.70. The Bertz CT molecular complexity index is 454. The topological polar surface area (TPSA) is 0 Å². The Labute approximate surface area is 117 Å². The first-order chi connectivity index (χ1) is 8.29. The van der Waals surface area contributed by atoms with E-state index in [1.807, 2.05) is 0 Å². The molecule has 0 fully saturated rings. The first-order valence-electron chi connectivity index (χ1n) is 6.01. The first kappa shape index (κ1) is 12.6. The number of hydrogen-bond acceptors (Lipinski definition) is 0. The fourth-order valence-electron chi connectivity index (χ4n) is 1.88. The Balaban J connectivity index is 2.14. The minimum Gasteiger partial charge on any atom is -0.0864 e. The Morgan fingerprint density at radius 3 is 1.88 bits per heavy atom. The second-order valence-corrected chi connectivity index (χ2v) is 5.43. The summed E-state index contributed by atoms with van der Waals surface area (Å²) in [7, 11) is 0. The Morgan fingerprint density at radius 2 is 1.35 bits per heavy atom. The van der Waals surface area contributed by atoms with Crippen LogP contribution in [0.25, 0.3) is 11.1 Å². The van der Waals surface area contributed by atoms with Gasteiger partial charge in [-0.15, -0.1) is 0 Å². The van der Waals surface area contributed by atoms with Crippen LogP contribution in [0.5, 0.6) is 0 Å². The van der Waals surface area contributed by atoms with E-state index in [0.717, 1.165) is 0 Å². The molecule has 0 saturated carbocycles. The van der Waals surface area contributed by atoms with Gasteiger partial charge in [-0.2, -0.15) is 0 Å². The molecule has 0 unspecified atom stereocenters. The Kier molecular flexibility index (Phi) is 4.60. The van der Waals surface area contributed by atoms with Crippen molar-refractivity contribution in [2.45, 2.75) is 19.8 Å². The summed E-state index contributed by atoms with van der Waals surface area (Å²) < 4.78 is 1.23. The van der Waals surface area contributed by atoms with Crippen molar-refractivity contribution in [1.29, 1.82) is 0 Å². The second kappa shape index (κ2) is 6.20. The van der Waals surface area contributed by atoms with Crippen molar-refractivity contribution in [3.63, 3.8) is 0 Å². The maximum absolute atomic E-state index is 2.43. The standard InChI is InChI=1S/C16H17I/c1-13-4-8-15(9-5-13)16-10-6-14(7-11-16)3-2-12-17/h4-11H,2-3,12H2,1H3. The van der Waals surface area contributed by atoms with E-state index in [9.17, 15) is 0 Å². The highest BCUT2D eigenvalue weighted by Crippen LogP contribution is 2.20. The van der Waals surface area contributed by atoms with Crippen molar-refractivity contribution in [3.8, 4) is 11.1 Å². The molecule has 2 rings (SSSR count). The van der Waals surface area contributed by atoms with Gasteiger partial charge in [0.1, 0.15) is 0 Å². The molecule has 0 N–H and O–H groups in total. The summed E-state index contributed by atoms with van der Waals surface area (Å²) in [5.41, 5.74) is 5.37. The SMILES string of the molecule is Cc1ccc(-c2ccc(CCCI)cc2)cc1. The molecule has 0 aliphatic heterocycles. The van der Waals surface area contributed by atoms with Crippen LogP contribution in [0.3, 0.4) is 0 Å². The predicted octanol–water partition coefficient (Wildman–Crippen LogP) is 5.03. The highest BCUT2D eigenvalue weighted by molar-refractivity contribution is 14.1. The molecule has 17 heavy (non-hydrogen) atoms. The summed E-state index contributed by atoms with van der Waals surface area (Å²) in [6.07, 6.45) is 2.46. The zero-order chi connectivity index (χ0) is 12.1. The van der Waals surface area contributed by atoms with Crippen LogP contribution in [-0.4, -0.2) is 4.43 Å². The van der Waals surface area contributed by atoms with E-state index in [1.165, 1.54) is 39.5 Å². The van der Waals surface area contributed by atoms with Gasteiger partial charge in [-0.05, 0) is 40.9 Å². The van der Waals surface area contributed by atoms with E-state index < -0.39 is 0 Å². The minimum absolute atomic E-state index is 1.19. The summed E-state index contributed by atoms with van der Waals surface area (Å²) in [5.74, 6) is 0. The lowest BCUT2D eigenvalue weighted by Gasteiger charge is -2.04. The molecule has 2 aromatic rings. The van der Waals surface area contributed by atoms with Crippen molar-refractivity contribution in [2.75, 3.05) is 4.43 Å². The molecule has 0 aliphatic carbocycles. The van der Waals surface area contributed by atoms with Gasteiger partial charge in [0, 0.05) is 0 Å². The molecular formula is C16H17I. The second-order valence-electron chi connectivity index (χ2n) is 4.36. The van der Waals surface area contributed by atoms with Crippen molar-refractivity contribution in [3.05, 3.63) is 59.7 Å². The Hall–Kier alpha value is -0.830. The summed E-state index contributed by atoms with van der Waals surface area (Å²) in [6.45, 7) is 2.12. The van der Waals surface area contributed by atoms with Gasteiger partial charge in [-0.25, -0.2) is 0 Å². The highest BCUT2D eigenvalue weighted by Gasteiger charge is 1.98. The van der Waals surface area contributed by atoms with Crippen LogP contribution in [0.15, 0.2) is 48.5 Å². The summed E-state index contributed by atoms with van der Waals surface area (Å²) in [6, 6.07) is 17.7. The van der Waals surface area contributed by atoms with E-state index in [1.54, 1.807) is 0 Å². The molecule has 0 aliphatic rings. The van der Waals surface area contributed by atoms with E-state index >= 15 is 0 Å². The summed E-state index contributed by atoms with van der Waals surface area (Å²) >= 11 is 2.43.